The molecule has 7 heteroatoms. The van der Waals surface area contributed by atoms with Gasteiger partial charge in [-0.1, -0.05) is 35.9 Å². The van der Waals surface area contributed by atoms with Crippen molar-refractivity contribution in [3.05, 3.63) is 81.6 Å². The lowest BCUT2D eigenvalue weighted by Crippen LogP contribution is -2.23. The SMILES string of the molecule is Cc1nn(Cc2ccccc2Cl)c(C)c1/C=C/C(=O)NCCc1ccc2c(c1)OCCO2. The van der Waals surface area contributed by atoms with Gasteiger partial charge in [0.05, 0.1) is 12.2 Å². The second-order valence-corrected chi connectivity index (χ2v) is 8.09. The van der Waals surface area contributed by atoms with Gasteiger partial charge in [0.15, 0.2) is 11.5 Å². The molecule has 0 aliphatic carbocycles. The van der Waals surface area contributed by atoms with Crippen LogP contribution in [0.3, 0.4) is 0 Å². The highest BCUT2D eigenvalue weighted by Crippen LogP contribution is 2.30. The molecule has 3 aromatic rings. The molecular weight excluding hydrogens is 426 g/mol. The average molecular weight is 452 g/mol. The van der Waals surface area contributed by atoms with Gasteiger partial charge in [0, 0.05) is 28.9 Å². The molecule has 0 saturated heterocycles. The van der Waals surface area contributed by atoms with E-state index in [0.717, 1.165) is 44.6 Å². The molecule has 4 rings (SSSR count). The summed E-state index contributed by atoms with van der Waals surface area (Å²) in [4.78, 5) is 12.3. The monoisotopic (exact) mass is 451 g/mol. The summed E-state index contributed by atoms with van der Waals surface area (Å²) in [6.45, 7) is 6.19. The first-order valence-electron chi connectivity index (χ1n) is 10.6. The molecule has 1 aliphatic rings. The van der Waals surface area contributed by atoms with Gasteiger partial charge in [-0.3, -0.25) is 9.48 Å². The molecule has 1 aliphatic heterocycles. The molecule has 0 atom stereocenters. The number of nitrogens with zero attached hydrogens (tertiary/aromatic N) is 2. The summed E-state index contributed by atoms with van der Waals surface area (Å²) in [5.41, 5.74) is 4.90. The molecule has 1 N–H and O–H groups in total. The van der Waals surface area contributed by atoms with Crippen LogP contribution in [0.15, 0.2) is 48.5 Å². The number of aryl methyl sites for hydroxylation is 1. The summed E-state index contributed by atoms with van der Waals surface area (Å²) in [5.74, 6) is 1.40. The third-order valence-corrected chi connectivity index (χ3v) is 5.81. The molecule has 32 heavy (non-hydrogen) atoms. The fourth-order valence-corrected chi connectivity index (χ4v) is 3.88. The van der Waals surface area contributed by atoms with Crippen LogP contribution in [-0.2, 0) is 17.8 Å². The maximum atomic E-state index is 12.3. The Morgan fingerprint density at radius 2 is 1.94 bits per heavy atom. The molecule has 1 aromatic heterocycles. The molecule has 0 saturated carbocycles. The van der Waals surface area contributed by atoms with Crippen molar-refractivity contribution in [1.82, 2.24) is 15.1 Å². The van der Waals surface area contributed by atoms with Crippen molar-refractivity contribution in [3.8, 4) is 11.5 Å². The van der Waals surface area contributed by atoms with Gasteiger partial charge in [-0.2, -0.15) is 5.10 Å². The third-order valence-electron chi connectivity index (χ3n) is 5.44. The summed E-state index contributed by atoms with van der Waals surface area (Å²) in [5, 5.41) is 8.26. The lowest BCUT2D eigenvalue weighted by atomic mass is 10.1. The number of aromatic nitrogens is 2. The molecule has 2 heterocycles. The van der Waals surface area contributed by atoms with Crippen molar-refractivity contribution >= 4 is 23.6 Å². The van der Waals surface area contributed by atoms with E-state index < -0.39 is 0 Å². The Balaban J connectivity index is 1.33. The van der Waals surface area contributed by atoms with Crippen LogP contribution >= 0.6 is 11.6 Å². The summed E-state index contributed by atoms with van der Waals surface area (Å²) < 4.78 is 13.1. The first kappa shape index (κ1) is 22.0. The van der Waals surface area contributed by atoms with E-state index in [1.54, 1.807) is 6.08 Å². The zero-order valence-electron chi connectivity index (χ0n) is 18.2. The highest BCUT2D eigenvalue weighted by Gasteiger charge is 2.13. The van der Waals surface area contributed by atoms with Gasteiger partial charge in [0.1, 0.15) is 13.2 Å². The predicted octanol–water partition coefficient (Wildman–Crippen LogP) is 4.34. The number of carbonyl (C=O) groups excluding carboxylic acids is 1. The summed E-state index contributed by atoms with van der Waals surface area (Å²) in [6, 6.07) is 13.6. The van der Waals surface area contributed by atoms with Crippen LogP contribution in [0.4, 0.5) is 0 Å². The van der Waals surface area contributed by atoms with Crippen molar-refractivity contribution < 1.29 is 14.3 Å². The molecular formula is C25H26ClN3O3. The van der Waals surface area contributed by atoms with Crippen LogP contribution < -0.4 is 14.8 Å². The summed E-state index contributed by atoms with van der Waals surface area (Å²) in [6.07, 6.45) is 4.09. The Morgan fingerprint density at radius 3 is 2.75 bits per heavy atom. The lowest BCUT2D eigenvalue weighted by molar-refractivity contribution is -0.116. The molecule has 0 spiro atoms. The maximum absolute atomic E-state index is 12.3. The minimum absolute atomic E-state index is 0.139. The fraction of sp³-hybridized carbons (Fsp3) is 0.280. The number of fused-ring (bicyclic) bond motifs is 1. The van der Waals surface area contributed by atoms with Gasteiger partial charge in [0.2, 0.25) is 5.91 Å². The Kier molecular flexibility index (Phi) is 6.81. The van der Waals surface area contributed by atoms with Crippen molar-refractivity contribution in [2.45, 2.75) is 26.8 Å². The van der Waals surface area contributed by atoms with Crippen molar-refractivity contribution in [3.63, 3.8) is 0 Å². The van der Waals surface area contributed by atoms with Crippen LogP contribution in [0.2, 0.25) is 5.02 Å². The van der Waals surface area contributed by atoms with Crippen LogP contribution in [0.5, 0.6) is 11.5 Å². The fourth-order valence-electron chi connectivity index (χ4n) is 3.69. The van der Waals surface area contributed by atoms with E-state index >= 15 is 0 Å². The van der Waals surface area contributed by atoms with E-state index in [1.807, 2.05) is 67.1 Å². The Morgan fingerprint density at radius 1 is 1.16 bits per heavy atom. The van der Waals surface area contributed by atoms with Crippen molar-refractivity contribution in [2.75, 3.05) is 19.8 Å². The number of halogens is 1. The topological polar surface area (TPSA) is 65.4 Å². The zero-order chi connectivity index (χ0) is 22.5. The number of rotatable bonds is 7. The number of amides is 1. The average Bonchev–Trinajstić information content (AvgIpc) is 3.06. The van der Waals surface area contributed by atoms with E-state index in [0.29, 0.717) is 32.7 Å². The predicted molar refractivity (Wildman–Crippen MR) is 125 cm³/mol. The molecule has 1 amide bonds. The molecule has 0 radical (unpaired) electrons. The van der Waals surface area contributed by atoms with Crippen molar-refractivity contribution in [1.29, 1.82) is 0 Å². The van der Waals surface area contributed by atoms with Gasteiger partial charge in [-0.15, -0.1) is 0 Å². The molecule has 0 fully saturated rings. The van der Waals surface area contributed by atoms with E-state index in [9.17, 15) is 4.79 Å². The Hall–Kier alpha value is -3.25. The number of hydrogen-bond donors (Lipinski definition) is 1. The van der Waals surface area contributed by atoms with Crippen LogP contribution in [0, 0.1) is 13.8 Å². The normalized spacial score (nSPS) is 12.8. The minimum atomic E-state index is -0.139. The Bertz CT molecular complexity index is 1150. The van der Waals surface area contributed by atoms with Crippen LogP contribution in [-0.4, -0.2) is 35.4 Å². The number of carbonyl (C=O) groups is 1. The molecule has 166 valence electrons. The minimum Gasteiger partial charge on any atom is -0.486 e. The highest BCUT2D eigenvalue weighted by atomic mass is 35.5. The molecule has 0 bridgehead atoms. The maximum Gasteiger partial charge on any atom is 0.244 e. The second-order valence-electron chi connectivity index (χ2n) is 7.69. The Labute approximate surface area is 192 Å². The highest BCUT2D eigenvalue weighted by molar-refractivity contribution is 6.31. The first-order valence-corrected chi connectivity index (χ1v) is 11.0. The molecule has 6 nitrogen and oxygen atoms in total. The van der Waals surface area contributed by atoms with E-state index in [2.05, 4.69) is 10.4 Å². The quantitative estimate of drug-likeness (QED) is 0.542. The zero-order valence-corrected chi connectivity index (χ0v) is 19.0. The van der Waals surface area contributed by atoms with Crippen LogP contribution in [0.1, 0.15) is 28.1 Å². The second kappa shape index (κ2) is 9.92. The third kappa shape index (κ3) is 5.14. The van der Waals surface area contributed by atoms with Crippen molar-refractivity contribution in [2.24, 2.45) is 0 Å². The lowest BCUT2D eigenvalue weighted by Gasteiger charge is -2.18. The van der Waals surface area contributed by atoms with Crippen LogP contribution in [0.25, 0.3) is 6.08 Å². The number of hydrogen-bond acceptors (Lipinski definition) is 4. The molecule has 2 aromatic carbocycles. The number of ether oxygens (including phenoxy) is 2. The smallest absolute Gasteiger partial charge is 0.244 e. The molecule has 0 unspecified atom stereocenters. The summed E-state index contributed by atoms with van der Waals surface area (Å²) >= 11 is 6.28. The number of benzene rings is 2. The first-order chi connectivity index (χ1) is 15.5. The van der Waals surface area contributed by atoms with Gasteiger partial charge in [0.25, 0.3) is 0 Å². The van der Waals surface area contributed by atoms with E-state index in [1.165, 1.54) is 0 Å². The van der Waals surface area contributed by atoms with E-state index in [4.69, 9.17) is 21.1 Å². The standard InChI is InChI=1S/C25H26ClN3O3/c1-17-21(18(2)29(28-17)16-20-5-3-4-6-22(20)26)8-10-25(30)27-12-11-19-7-9-23-24(15-19)32-14-13-31-23/h3-10,15H,11-14,16H2,1-2H3,(H,27,30)/b10-8+. The van der Waals surface area contributed by atoms with Gasteiger partial charge < -0.3 is 14.8 Å². The summed E-state index contributed by atoms with van der Waals surface area (Å²) in [7, 11) is 0. The number of nitrogens with one attached hydrogen (secondary N) is 1. The van der Waals surface area contributed by atoms with Gasteiger partial charge in [-0.05, 0) is 55.7 Å². The van der Waals surface area contributed by atoms with Gasteiger partial charge in [-0.25, -0.2) is 0 Å². The van der Waals surface area contributed by atoms with E-state index in [-0.39, 0.29) is 5.91 Å². The largest absolute Gasteiger partial charge is 0.486 e. The van der Waals surface area contributed by atoms with Gasteiger partial charge >= 0.3 is 0 Å².